The van der Waals surface area contributed by atoms with Gasteiger partial charge in [0.2, 0.25) is 0 Å². The van der Waals surface area contributed by atoms with Gasteiger partial charge < -0.3 is 4.74 Å². The van der Waals surface area contributed by atoms with E-state index in [1.54, 1.807) is 0 Å². The molecule has 112 valence electrons. The summed E-state index contributed by atoms with van der Waals surface area (Å²) in [5, 5.41) is 0. The lowest BCUT2D eigenvalue weighted by molar-refractivity contribution is 0.288. The summed E-state index contributed by atoms with van der Waals surface area (Å²) in [5.41, 5.74) is 4.27. The molecule has 1 aliphatic carbocycles. The zero-order valence-corrected chi connectivity index (χ0v) is 12.6. The zero-order valence-electron chi connectivity index (χ0n) is 12.6. The molecule has 2 rings (SSSR count). The minimum Gasteiger partial charge on any atom is -0.493 e. The van der Waals surface area contributed by atoms with Gasteiger partial charge in [-0.1, -0.05) is 50.8 Å². The molecule has 1 atom stereocenters. The van der Waals surface area contributed by atoms with Gasteiger partial charge in [-0.3, -0.25) is 11.3 Å². The fourth-order valence-corrected chi connectivity index (χ4v) is 3.21. The van der Waals surface area contributed by atoms with E-state index >= 15 is 0 Å². The summed E-state index contributed by atoms with van der Waals surface area (Å²) in [6.45, 7) is 2.89. The molecule has 0 radical (unpaired) electrons. The number of hydrazine groups is 1. The van der Waals surface area contributed by atoms with Crippen LogP contribution >= 0.6 is 0 Å². The summed E-state index contributed by atoms with van der Waals surface area (Å²) in [5.74, 6) is 7.49. The SMILES string of the molecule is CCCOc1ccccc1C(NN)C1CCCCCC1. The van der Waals surface area contributed by atoms with Crippen LogP contribution in [0.15, 0.2) is 24.3 Å². The van der Waals surface area contributed by atoms with E-state index < -0.39 is 0 Å². The van der Waals surface area contributed by atoms with Gasteiger partial charge in [0.15, 0.2) is 0 Å². The Kier molecular flexibility index (Phi) is 6.34. The molecule has 1 aromatic carbocycles. The molecule has 3 N–H and O–H groups in total. The molecule has 1 aliphatic rings. The fraction of sp³-hybridized carbons (Fsp3) is 0.647. The smallest absolute Gasteiger partial charge is 0.124 e. The molecular formula is C17H28N2O. The predicted octanol–water partition coefficient (Wildman–Crippen LogP) is 3.95. The van der Waals surface area contributed by atoms with Gasteiger partial charge in [-0.2, -0.15) is 0 Å². The van der Waals surface area contributed by atoms with Gasteiger partial charge in [0.1, 0.15) is 5.75 Å². The number of benzene rings is 1. The summed E-state index contributed by atoms with van der Waals surface area (Å²) >= 11 is 0. The van der Waals surface area contributed by atoms with Crippen molar-refractivity contribution in [3.63, 3.8) is 0 Å². The van der Waals surface area contributed by atoms with Gasteiger partial charge in [-0.15, -0.1) is 0 Å². The number of nitrogens with one attached hydrogen (secondary N) is 1. The van der Waals surface area contributed by atoms with E-state index in [-0.39, 0.29) is 6.04 Å². The molecule has 20 heavy (non-hydrogen) atoms. The molecule has 1 aromatic rings. The molecule has 0 amide bonds. The molecular weight excluding hydrogens is 248 g/mol. The Balaban J connectivity index is 2.16. The van der Waals surface area contributed by atoms with Gasteiger partial charge in [-0.05, 0) is 31.2 Å². The molecule has 0 heterocycles. The lowest BCUT2D eigenvalue weighted by Gasteiger charge is -2.27. The van der Waals surface area contributed by atoms with E-state index in [0.717, 1.165) is 18.8 Å². The Morgan fingerprint density at radius 2 is 1.90 bits per heavy atom. The Hall–Kier alpha value is -1.06. The standard InChI is InChI=1S/C17H28N2O/c1-2-13-20-16-12-8-7-11-15(16)17(19-18)14-9-5-3-4-6-10-14/h7-8,11-12,14,17,19H,2-6,9-10,13,18H2,1H3. The Bertz CT molecular complexity index is 386. The lowest BCUT2D eigenvalue weighted by atomic mass is 9.87. The van der Waals surface area contributed by atoms with Crippen molar-refractivity contribution in [3.05, 3.63) is 29.8 Å². The molecule has 0 bridgehead atoms. The topological polar surface area (TPSA) is 47.3 Å². The fourth-order valence-electron chi connectivity index (χ4n) is 3.21. The number of ether oxygens (including phenoxy) is 1. The van der Waals surface area contributed by atoms with Crippen LogP contribution in [0.1, 0.15) is 63.5 Å². The monoisotopic (exact) mass is 276 g/mol. The van der Waals surface area contributed by atoms with Crippen LogP contribution in [0.4, 0.5) is 0 Å². The molecule has 3 nitrogen and oxygen atoms in total. The zero-order chi connectivity index (χ0) is 14.2. The highest BCUT2D eigenvalue weighted by Crippen LogP contribution is 2.36. The molecule has 0 saturated heterocycles. The average Bonchev–Trinajstić information content (AvgIpc) is 2.76. The largest absolute Gasteiger partial charge is 0.493 e. The normalized spacial score (nSPS) is 18.5. The number of hydrogen-bond acceptors (Lipinski definition) is 3. The summed E-state index contributed by atoms with van der Waals surface area (Å²) in [6.07, 6.45) is 8.91. The van der Waals surface area contributed by atoms with Gasteiger partial charge in [-0.25, -0.2) is 0 Å². The second-order valence-corrected chi connectivity index (χ2v) is 5.78. The molecule has 3 heteroatoms. The molecule has 1 saturated carbocycles. The van der Waals surface area contributed by atoms with Crippen molar-refractivity contribution in [2.75, 3.05) is 6.61 Å². The van der Waals surface area contributed by atoms with Crippen molar-refractivity contribution < 1.29 is 4.74 Å². The third kappa shape index (κ3) is 3.97. The second-order valence-electron chi connectivity index (χ2n) is 5.78. The van der Waals surface area contributed by atoms with Crippen LogP contribution in [0.5, 0.6) is 5.75 Å². The maximum atomic E-state index is 5.90. The summed E-state index contributed by atoms with van der Waals surface area (Å²) < 4.78 is 5.90. The quantitative estimate of drug-likeness (QED) is 0.470. The summed E-state index contributed by atoms with van der Waals surface area (Å²) in [6, 6.07) is 8.54. The van der Waals surface area contributed by atoms with Crippen LogP contribution in [0, 0.1) is 5.92 Å². The van der Waals surface area contributed by atoms with Crippen LogP contribution in [0.25, 0.3) is 0 Å². The maximum Gasteiger partial charge on any atom is 0.124 e. The van der Waals surface area contributed by atoms with Crippen molar-refractivity contribution in [2.24, 2.45) is 11.8 Å². The van der Waals surface area contributed by atoms with Crippen LogP contribution in [-0.4, -0.2) is 6.61 Å². The minimum absolute atomic E-state index is 0.209. The van der Waals surface area contributed by atoms with Crippen molar-refractivity contribution in [3.8, 4) is 5.75 Å². The van der Waals surface area contributed by atoms with Gasteiger partial charge >= 0.3 is 0 Å². The van der Waals surface area contributed by atoms with Gasteiger partial charge in [0, 0.05) is 5.56 Å². The first-order valence-corrected chi connectivity index (χ1v) is 8.04. The van der Waals surface area contributed by atoms with Crippen LogP contribution < -0.4 is 16.0 Å². The lowest BCUT2D eigenvalue weighted by Crippen LogP contribution is -2.33. The van der Waals surface area contributed by atoms with Crippen molar-refractivity contribution in [1.82, 2.24) is 5.43 Å². The van der Waals surface area contributed by atoms with Gasteiger partial charge in [0.05, 0.1) is 12.6 Å². The molecule has 0 aliphatic heterocycles. The third-order valence-electron chi connectivity index (χ3n) is 4.27. The first kappa shape index (κ1) is 15.3. The number of rotatable bonds is 6. The first-order valence-electron chi connectivity index (χ1n) is 8.04. The van der Waals surface area contributed by atoms with E-state index in [9.17, 15) is 0 Å². The molecule has 0 aromatic heterocycles. The highest BCUT2D eigenvalue weighted by Gasteiger charge is 2.25. The Morgan fingerprint density at radius 3 is 2.55 bits per heavy atom. The predicted molar refractivity (Wildman–Crippen MR) is 83.5 cm³/mol. The van der Waals surface area contributed by atoms with E-state index in [1.807, 2.05) is 6.07 Å². The third-order valence-corrected chi connectivity index (χ3v) is 4.27. The maximum absolute atomic E-state index is 5.90. The number of para-hydroxylation sites is 1. The molecule has 1 unspecified atom stereocenters. The van der Waals surface area contributed by atoms with Crippen molar-refractivity contribution in [2.45, 2.75) is 57.9 Å². The number of hydrogen-bond donors (Lipinski definition) is 2. The van der Waals surface area contributed by atoms with Gasteiger partial charge in [0.25, 0.3) is 0 Å². The van der Waals surface area contributed by atoms with Crippen molar-refractivity contribution in [1.29, 1.82) is 0 Å². The van der Waals surface area contributed by atoms with E-state index in [1.165, 1.54) is 44.1 Å². The summed E-state index contributed by atoms with van der Waals surface area (Å²) in [4.78, 5) is 0. The van der Waals surface area contributed by atoms with Crippen LogP contribution in [0.3, 0.4) is 0 Å². The molecule has 1 fully saturated rings. The highest BCUT2D eigenvalue weighted by atomic mass is 16.5. The van der Waals surface area contributed by atoms with Crippen LogP contribution in [-0.2, 0) is 0 Å². The Morgan fingerprint density at radius 1 is 1.20 bits per heavy atom. The molecule has 0 spiro atoms. The van der Waals surface area contributed by atoms with Crippen molar-refractivity contribution >= 4 is 0 Å². The summed E-state index contributed by atoms with van der Waals surface area (Å²) in [7, 11) is 0. The highest BCUT2D eigenvalue weighted by molar-refractivity contribution is 5.36. The van der Waals surface area contributed by atoms with E-state index in [4.69, 9.17) is 10.6 Å². The Labute approximate surface area is 122 Å². The average molecular weight is 276 g/mol. The van der Waals surface area contributed by atoms with E-state index in [0.29, 0.717) is 5.92 Å². The van der Waals surface area contributed by atoms with E-state index in [2.05, 4.69) is 30.5 Å². The minimum atomic E-state index is 0.209. The number of nitrogens with two attached hydrogens (primary N) is 1. The first-order chi connectivity index (χ1) is 9.86. The van der Waals surface area contributed by atoms with Crippen LogP contribution in [0.2, 0.25) is 0 Å². The second kappa shape index (κ2) is 8.28.